The van der Waals surface area contributed by atoms with Gasteiger partial charge in [0.2, 0.25) is 0 Å². The van der Waals surface area contributed by atoms with Crippen molar-refractivity contribution in [2.45, 2.75) is 108 Å². The fraction of sp³-hybridized carbons (Fsp3) is 0.792. The predicted octanol–water partition coefficient (Wildman–Crippen LogP) is 6.29. The predicted molar refractivity (Wildman–Crippen MR) is 112 cm³/mol. The second-order valence-corrected chi connectivity index (χ2v) is 8.81. The molecule has 0 radical (unpaired) electrons. The Hall–Kier alpha value is -1.47. The summed E-state index contributed by atoms with van der Waals surface area (Å²) < 4.78 is 6.11. The van der Waals surface area contributed by atoms with Gasteiger partial charge in [-0.15, -0.1) is 0 Å². The number of unbranched alkanes of at least 4 members (excludes halogenated alkanes) is 4. The van der Waals surface area contributed by atoms with Crippen molar-refractivity contribution >= 4 is 0 Å². The Morgan fingerprint density at radius 3 is 2.18 bits per heavy atom. The summed E-state index contributed by atoms with van der Waals surface area (Å²) in [5.74, 6) is 2.26. The topological polar surface area (TPSA) is 58.8 Å². The minimum absolute atomic E-state index is 0.240. The van der Waals surface area contributed by atoms with E-state index in [9.17, 15) is 0 Å². The Morgan fingerprint density at radius 1 is 0.893 bits per heavy atom. The summed E-state index contributed by atoms with van der Waals surface area (Å²) in [7, 11) is 0. The number of nitriles is 1. The van der Waals surface area contributed by atoms with Crippen LogP contribution in [0, 0.1) is 17.2 Å². The van der Waals surface area contributed by atoms with E-state index in [0.29, 0.717) is 17.9 Å². The van der Waals surface area contributed by atoms with Gasteiger partial charge in [-0.3, -0.25) is 0 Å². The van der Waals surface area contributed by atoms with Gasteiger partial charge in [0.05, 0.1) is 12.2 Å². The lowest BCUT2D eigenvalue weighted by atomic mass is 9.82. The third kappa shape index (κ3) is 6.27. The van der Waals surface area contributed by atoms with Crippen molar-refractivity contribution in [2.24, 2.45) is 5.92 Å². The normalized spacial score (nSPS) is 28.0. The largest absolute Gasteiger partial charge is 0.378 e. The number of ether oxygens (including phenoxy) is 1. The molecular formula is C24H37N3O. The molecule has 0 N–H and O–H groups in total. The first-order valence-corrected chi connectivity index (χ1v) is 11.6. The van der Waals surface area contributed by atoms with Gasteiger partial charge in [0, 0.05) is 30.8 Å². The summed E-state index contributed by atoms with van der Waals surface area (Å²) in [4.78, 5) is 9.41. The highest BCUT2D eigenvalue weighted by Gasteiger charge is 2.26. The SMILES string of the molecule is CCCCCCCOC1CCC(c2cnc(C3CCC(C#N)CC3)nc2)CC1. The van der Waals surface area contributed by atoms with E-state index in [-0.39, 0.29) is 5.92 Å². The fourth-order valence-corrected chi connectivity index (χ4v) is 4.77. The zero-order chi connectivity index (χ0) is 19.6. The molecular weight excluding hydrogens is 346 g/mol. The van der Waals surface area contributed by atoms with Crippen LogP contribution >= 0.6 is 0 Å². The van der Waals surface area contributed by atoms with E-state index in [0.717, 1.165) is 38.1 Å². The minimum Gasteiger partial charge on any atom is -0.378 e. The van der Waals surface area contributed by atoms with Crippen LogP contribution in [-0.4, -0.2) is 22.7 Å². The van der Waals surface area contributed by atoms with Crippen molar-refractivity contribution in [3.63, 3.8) is 0 Å². The second kappa shape index (κ2) is 11.5. The molecule has 3 rings (SSSR count). The number of hydrogen-bond donors (Lipinski definition) is 0. The van der Waals surface area contributed by atoms with E-state index in [1.807, 2.05) is 0 Å². The third-order valence-corrected chi connectivity index (χ3v) is 6.71. The Kier molecular flexibility index (Phi) is 8.73. The van der Waals surface area contributed by atoms with Crippen LogP contribution in [0.25, 0.3) is 0 Å². The highest BCUT2D eigenvalue weighted by molar-refractivity contribution is 5.14. The van der Waals surface area contributed by atoms with E-state index in [4.69, 9.17) is 20.0 Å². The maximum atomic E-state index is 9.05. The first-order valence-electron chi connectivity index (χ1n) is 11.6. The average molecular weight is 384 g/mol. The molecule has 0 bridgehead atoms. The number of aromatic nitrogens is 2. The Morgan fingerprint density at radius 2 is 1.54 bits per heavy atom. The first-order chi connectivity index (χ1) is 13.8. The summed E-state index contributed by atoms with van der Waals surface area (Å²) in [5, 5.41) is 9.05. The maximum Gasteiger partial charge on any atom is 0.131 e. The number of nitrogens with zero attached hydrogens (tertiary/aromatic N) is 3. The summed E-state index contributed by atoms with van der Waals surface area (Å²) in [6.07, 6.45) is 19.9. The van der Waals surface area contributed by atoms with Gasteiger partial charge in [0.15, 0.2) is 0 Å². The Balaban J connectivity index is 1.37. The van der Waals surface area contributed by atoms with E-state index in [2.05, 4.69) is 25.4 Å². The molecule has 4 nitrogen and oxygen atoms in total. The highest BCUT2D eigenvalue weighted by Crippen LogP contribution is 2.36. The van der Waals surface area contributed by atoms with Crippen LogP contribution in [0.4, 0.5) is 0 Å². The zero-order valence-corrected chi connectivity index (χ0v) is 17.6. The van der Waals surface area contributed by atoms with Gasteiger partial charge in [-0.25, -0.2) is 9.97 Å². The summed E-state index contributed by atoms with van der Waals surface area (Å²) in [6, 6.07) is 2.40. The van der Waals surface area contributed by atoms with E-state index < -0.39 is 0 Å². The molecule has 1 heterocycles. The number of rotatable bonds is 9. The average Bonchev–Trinajstić information content (AvgIpc) is 2.77. The minimum atomic E-state index is 0.240. The van der Waals surface area contributed by atoms with Crippen LogP contribution in [0.2, 0.25) is 0 Å². The Labute approximate surface area is 171 Å². The molecule has 0 spiro atoms. The number of hydrogen-bond acceptors (Lipinski definition) is 4. The van der Waals surface area contributed by atoms with Gasteiger partial charge in [0.1, 0.15) is 5.82 Å². The lowest BCUT2D eigenvalue weighted by Gasteiger charge is -2.29. The van der Waals surface area contributed by atoms with Crippen LogP contribution in [0.5, 0.6) is 0 Å². The molecule has 4 heteroatoms. The van der Waals surface area contributed by atoms with E-state index in [1.54, 1.807) is 0 Å². The quantitative estimate of drug-likeness (QED) is 0.470. The lowest BCUT2D eigenvalue weighted by Crippen LogP contribution is -2.21. The van der Waals surface area contributed by atoms with Gasteiger partial charge < -0.3 is 4.74 Å². The van der Waals surface area contributed by atoms with Crippen molar-refractivity contribution in [1.29, 1.82) is 5.26 Å². The van der Waals surface area contributed by atoms with Crippen LogP contribution in [0.1, 0.15) is 114 Å². The molecule has 0 aromatic carbocycles. The Bertz CT molecular complexity index is 593. The molecule has 2 aliphatic rings. The van der Waals surface area contributed by atoms with E-state index >= 15 is 0 Å². The van der Waals surface area contributed by atoms with Crippen molar-refractivity contribution < 1.29 is 4.74 Å². The molecule has 0 atom stereocenters. The molecule has 0 aliphatic heterocycles. The summed E-state index contributed by atoms with van der Waals surface area (Å²) in [6.45, 7) is 3.19. The summed E-state index contributed by atoms with van der Waals surface area (Å²) >= 11 is 0. The molecule has 0 unspecified atom stereocenters. The molecule has 154 valence electrons. The van der Waals surface area contributed by atoms with Gasteiger partial charge in [-0.1, -0.05) is 32.6 Å². The van der Waals surface area contributed by atoms with Crippen LogP contribution in [0.15, 0.2) is 12.4 Å². The second-order valence-electron chi connectivity index (χ2n) is 8.81. The van der Waals surface area contributed by atoms with Gasteiger partial charge >= 0.3 is 0 Å². The van der Waals surface area contributed by atoms with Crippen LogP contribution in [-0.2, 0) is 4.74 Å². The molecule has 2 aliphatic carbocycles. The third-order valence-electron chi connectivity index (χ3n) is 6.71. The highest BCUT2D eigenvalue weighted by atomic mass is 16.5. The fourth-order valence-electron chi connectivity index (χ4n) is 4.77. The first kappa shape index (κ1) is 21.2. The zero-order valence-electron chi connectivity index (χ0n) is 17.6. The maximum absolute atomic E-state index is 9.05. The van der Waals surface area contributed by atoms with Crippen molar-refractivity contribution in [3.05, 3.63) is 23.8 Å². The molecule has 0 amide bonds. The molecule has 2 fully saturated rings. The molecule has 1 aromatic rings. The van der Waals surface area contributed by atoms with Crippen molar-refractivity contribution in [3.8, 4) is 6.07 Å². The molecule has 1 aromatic heterocycles. The standard InChI is InChI=1S/C24H37N3O/c1-2-3-4-5-6-15-28-23-13-11-20(12-14-23)22-17-26-24(27-18-22)21-9-7-19(16-25)8-10-21/h17-21,23H,2-15H2,1H3. The summed E-state index contributed by atoms with van der Waals surface area (Å²) in [5.41, 5.74) is 1.30. The molecule has 2 saturated carbocycles. The van der Waals surface area contributed by atoms with Crippen LogP contribution in [0.3, 0.4) is 0 Å². The van der Waals surface area contributed by atoms with Crippen LogP contribution < -0.4 is 0 Å². The van der Waals surface area contributed by atoms with Gasteiger partial charge in [-0.2, -0.15) is 5.26 Å². The monoisotopic (exact) mass is 383 g/mol. The molecule has 28 heavy (non-hydrogen) atoms. The van der Waals surface area contributed by atoms with Gasteiger partial charge in [0.25, 0.3) is 0 Å². The molecule has 0 saturated heterocycles. The van der Waals surface area contributed by atoms with Crippen molar-refractivity contribution in [1.82, 2.24) is 9.97 Å². The van der Waals surface area contributed by atoms with Crippen molar-refractivity contribution in [2.75, 3.05) is 6.61 Å². The smallest absolute Gasteiger partial charge is 0.131 e. The lowest BCUT2D eigenvalue weighted by molar-refractivity contribution is 0.0225. The van der Waals surface area contributed by atoms with Gasteiger partial charge in [-0.05, 0) is 69.3 Å². The van der Waals surface area contributed by atoms with E-state index in [1.165, 1.54) is 63.4 Å².